The lowest BCUT2D eigenvalue weighted by molar-refractivity contribution is -0.127. The number of anilines is 3. The van der Waals surface area contributed by atoms with Crippen LogP contribution in [0, 0.1) is 11.3 Å². The fourth-order valence-electron chi connectivity index (χ4n) is 3.51. The molecule has 3 amide bonds. The Morgan fingerprint density at radius 1 is 1.06 bits per heavy atom. The summed E-state index contributed by atoms with van der Waals surface area (Å²) in [6.07, 6.45) is 0.858. The molecule has 1 aliphatic heterocycles. The van der Waals surface area contributed by atoms with Crippen LogP contribution in [0.2, 0.25) is 0 Å². The normalized spacial score (nSPS) is 14.8. The Labute approximate surface area is 195 Å². The highest BCUT2D eigenvalue weighted by Crippen LogP contribution is 2.38. The number of hydrogen-bond acceptors (Lipinski definition) is 5. The van der Waals surface area contributed by atoms with Crippen molar-refractivity contribution in [1.82, 2.24) is 0 Å². The molecular formula is C25H33N3O5. The van der Waals surface area contributed by atoms with Gasteiger partial charge in [0.25, 0.3) is 0 Å². The average Bonchev–Trinajstić information content (AvgIpc) is 2.86. The van der Waals surface area contributed by atoms with Gasteiger partial charge in [-0.05, 0) is 44.4 Å². The van der Waals surface area contributed by atoms with Gasteiger partial charge in [-0.15, -0.1) is 0 Å². The summed E-state index contributed by atoms with van der Waals surface area (Å²) in [7, 11) is 3.09. The summed E-state index contributed by atoms with van der Waals surface area (Å²) in [6.45, 7) is 8.90. The van der Waals surface area contributed by atoms with E-state index < -0.39 is 11.4 Å². The first kappa shape index (κ1) is 24.2. The standard InChI is InChI=1S/C25H33N3O5/c1-16(2)9-10-28-21-13-17(7-8-22(21)33-15-25(3,4)23(28)29)26-24(30)27-18-11-19(31-5)14-20(12-18)32-6/h7-8,11-14,16H,9-10,15H2,1-6H3,(H2,26,27,30). The number of hydrogen-bond donors (Lipinski definition) is 2. The molecule has 1 heterocycles. The maximum absolute atomic E-state index is 13.3. The first-order valence-electron chi connectivity index (χ1n) is 11.0. The third-order valence-electron chi connectivity index (χ3n) is 5.46. The highest BCUT2D eigenvalue weighted by molar-refractivity contribution is 6.02. The highest BCUT2D eigenvalue weighted by atomic mass is 16.5. The molecule has 0 radical (unpaired) electrons. The highest BCUT2D eigenvalue weighted by Gasteiger charge is 2.37. The average molecular weight is 456 g/mol. The molecule has 2 N–H and O–H groups in total. The largest absolute Gasteiger partial charge is 0.497 e. The van der Waals surface area contributed by atoms with Gasteiger partial charge in [0, 0.05) is 36.1 Å². The Morgan fingerprint density at radius 3 is 2.30 bits per heavy atom. The first-order chi connectivity index (χ1) is 15.6. The molecule has 0 bridgehead atoms. The molecule has 0 atom stereocenters. The predicted octanol–water partition coefficient (Wildman–Crippen LogP) is 5.15. The smallest absolute Gasteiger partial charge is 0.323 e. The fourth-order valence-corrected chi connectivity index (χ4v) is 3.51. The molecule has 8 nitrogen and oxygen atoms in total. The van der Waals surface area contributed by atoms with Gasteiger partial charge in [0.15, 0.2) is 0 Å². The summed E-state index contributed by atoms with van der Waals surface area (Å²) < 4.78 is 16.5. The van der Waals surface area contributed by atoms with E-state index in [0.717, 1.165) is 6.42 Å². The third kappa shape index (κ3) is 5.88. The number of benzene rings is 2. The van der Waals surface area contributed by atoms with Crippen molar-refractivity contribution in [3.63, 3.8) is 0 Å². The monoisotopic (exact) mass is 455 g/mol. The molecule has 178 valence electrons. The van der Waals surface area contributed by atoms with E-state index in [9.17, 15) is 9.59 Å². The number of fused-ring (bicyclic) bond motifs is 1. The lowest BCUT2D eigenvalue weighted by Crippen LogP contribution is -2.42. The lowest BCUT2D eigenvalue weighted by Gasteiger charge is -2.28. The van der Waals surface area contributed by atoms with E-state index in [1.807, 2.05) is 13.8 Å². The first-order valence-corrected chi connectivity index (χ1v) is 11.0. The number of amides is 3. The van der Waals surface area contributed by atoms with Crippen LogP contribution < -0.4 is 29.7 Å². The number of carbonyl (C=O) groups excluding carboxylic acids is 2. The van der Waals surface area contributed by atoms with Gasteiger partial charge >= 0.3 is 6.03 Å². The van der Waals surface area contributed by atoms with E-state index >= 15 is 0 Å². The van der Waals surface area contributed by atoms with Crippen LogP contribution in [0.15, 0.2) is 36.4 Å². The molecule has 33 heavy (non-hydrogen) atoms. The quantitative estimate of drug-likeness (QED) is 0.603. The fraction of sp³-hybridized carbons (Fsp3) is 0.440. The van der Waals surface area contributed by atoms with Crippen LogP contribution in [0.1, 0.15) is 34.1 Å². The molecule has 0 saturated carbocycles. The van der Waals surface area contributed by atoms with Crippen LogP contribution in [0.5, 0.6) is 17.2 Å². The lowest BCUT2D eigenvalue weighted by atomic mass is 9.92. The third-order valence-corrected chi connectivity index (χ3v) is 5.46. The topological polar surface area (TPSA) is 89.1 Å². The zero-order valence-corrected chi connectivity index (χ0v) is 20.2. The number of methoxy groups -OCH3 is 2. The van der Waals surface area contributed by atoms with Crippen molar-refractivity contribution in [2.75, 3.05) is 42.9 Å². The summed E-state index contributed by atoms with van der Waals surface area (Å²) in [4.78, 5) is 27.7. The minimum Gasteiger partial charge on any atom is -0.497 e. The van der Waals surface area contributed by atoms with Crippen LogP contribution in [0.4, 0.5) is 21.9 Å². The van der Waals surface area contributed by atoms with Crippen molar-refractivity contribution in [2.45, 2.75) is 34.1 Å². The second-order valence-electron chi connectivity index (χ2n) is 9.17. The summed E-state index contributed by atoms with van der Waals surface area (Å²) in [5.41, 5.74) is 1.09. The van der Waals surface area contributed by atoms with Crippen LogP contribution in [0.25, 0.3) is 0 Å². The Morgan fingerprint density at radius 2 is 1.70 bits per heavy atom. The SMILES string of the molecule is COc1cc(NC(=O)Nc2ccc3c(c2)N(CCC(C)C)C(=O)C(C)(C)CO3)cc(OC)c1. The zero-order valence-electron chi connectivity index (χ0n) is 20.2. The number of urea groups is 1. The van der Waals surface area contributed by atoms with E-state index in [1.54, 1.807) is 55.5 Å². The molecule has 1 aliphatic rings. The van der Waals surface area contributed by atoms with Gasteiger partial charge in [-0.25, -0.2) is 4.79 Å². The molecule has 0 fully saturated rings. The van der Waals surface area contributed by atoms with Gasteiger partial charge in [-0.2, -0.15) is 0 Å². The number of ether oxygens (including phenoxy) is 3. The predicted molar refractivity (Wildman–Crippen MR) is 130 cm³/mol. The van der Waals surface area contributed by atoms with Crippen LogP contribution in [0.3, 0.4) is 0 Å². The van der Waals surface area contributed by atoms with Gasteiger partial charge in [-0.1, -0.05) is 13.8 Å². The molecule has 0 unspecified atom stereocenters. The Bertz CT molecular complexity index is 997. The zero-order chi connectivity index (χ0) is 24.2. The molecule has 2 aromatic rings. The maximum atomic E-state index is 13.3. The summed E-state index contributed by atoms with van der Waals surface area (Å²) in [6, 6.07) is 10.0. The number of nitrogens with zero attached hydrogens (tertiary/aromatic N) is 1. The van der Waals surface area contributed by atoms with Crippen molar-refractivity contribution in [1.29, 1.82) is 0 Å². The minimum atomic E-state index is -0.646. The molecule has 3 rings (SSSR count). The Kier molecular flexibility index (Phi) is 7.36. The van der Waals surface area contributed by atoms with E-state index in [1.165, 1.54) is 0 Å². The van der Waals surface area contributed by atoms with Crippen molar-refractivity contribution in [3.8, 4) is 17.2 Å². The molecule has 2 aromatic carbocycles. The second-order valence-corrected chi connectivity index (χ2v) is 9.17. The van der Waals surface area contributed by atoms with Gasteiger partial charge in [0.1, 0.15) is 23.9 Å². The van der Waals surface area contributed by atoms with Gasteiger partial charge in [0.2, 0.25) is 5.91 Å². The van der Waals surface area contributed by atoms with E-state index in [2.05, 4.69) is 24.5 Å². The van der Waals surface area contributed by atoms with Crippen LogP contribution >= 0.6 is 0 Å². The van der Waals surface area contributed by atoms with Crippen LogP contribution in [-0.4, -0.2) is 39.3 Å². The van der Waals surface area contributed by atoms with Gasteiger partial charge < -0.3 is 29.7 Å². The number of rotatable bonds is 7. The van der Waals surface area contributed by atoms with E-state index in [4.69, 9.17) is 14.2 Å². The van der Waals surface area contributed by atoms with Crippen molar-refractivity contribution in [3.05, 3.63) is 36.4 Å². The number of nitrogens with one attached hydrogen (secondary N) is 2. The van der Waals surface area contributed by atoms with Crippen LogP contribution in [-0.2, 0) is 4.79 Å². The van der Waals surface area contributed by atoms with Gasteiger partial charge in [-0.3, -0.25) is 4.79 Å². The van der Waals surface area contributed by atoms with E-state index in [-0.39, 0.29) is 5.91 Å². The number of carbonyl (C=O) groups is 2. The van der Waals surface area contributed by atoms with Crippen molar-refractivity contribution < 1.29 is 23.8 Å². The van der Waals surface area contributed by atoms with Gasteiger partial charge in [0.05, 0.1) is 25.3 Å². The maximum Gasteiger partial charge on any atom is 0.323 e. The van der Waals surface area contributed by atoms with Crippen molar-refractivity contribution in [2.24, 2.45) is 11.3 Å². The van der Waals surface area contributed by atoms with E-state index in [0.29, 0.717) is 53.4 Å². The minimum absolute atomic E-state index is 0.00646. The second kappa shape index (κ2) is 10.0. The van der Waals surface area contributed by atoms with Crippen molar-refractivity contribution >= 4 is 29.0 Å². The molecule has 0 aromatic heterocycles. The molecular weight excluding hydrogens is 422 g/mol. The molecule has 8 heteroatoms. The Balaban J connectivity index is 1.83. The summed E-state index contributed by atoms with van der Waals surface area (Å²) in [5.74, 6) is 2.20. The molecule has 0 aliphatic carbocycles. The Hall–Kier alpha value is -3.42. The molecule has 0 spiro atoms. The summed E-state index contributed by atoms with van der Waals surface area (Å²) >= 11 is 0. The molecule has 0 saturated heterocycles. The summed E-state index contributed by atoms with van der Waals surface area (Å²) in [5, 5.41) is 5.62.